The van der Waals surface area contributed by atoms with Gasteiger partial charge in [-0.2, -0.15) is 0 Å². The molecule has 0 heterocycles. The molecule has 1 unspecified atom stereocenters. The lowest BCUT2D eigenvalue weighted by atomic mass is 10.1. The lowest BCUT2D eigenvalue weighted by Gasteiger charge is -2.12. The van der Waals surface area contributed by atoms with Crippen molar-refractivity contribution in [1.82, 2.24) is 0 Å². The molecule has 0 aliphatic rings. The number of alkyl halides is 1. The van der Waals surface area contributed by atoms with Gasteiger partial charge in [-0.15, -0.1) is 11.6 Å². The highest BCUT2D eigenvalue weighted by molar-refractivity contribution is 6.21. The van der Waals surface area contributed by atoms with Crippen molar-refractivity contribution in [1.29, 1.82) is 0 Å². The molecule has 1 atom stereocenters. The molecular weight excluding hydrogens is 303 g/mol. The fourth-order valence-corrected chi connectivity index (χ4v) is 2.03. The van der Waals surface area contributed by atoms with Crippen molar-refractivity contribution in [3.8, 4) is 0 Å². The molecule has 0 bridgehead atoms. The Bertz CT molecular complexity index is 665. The van der Waals surface area contributed by atoms with Crippen molar-refractivity contribution in [2.75, 3.05) is 5.32 Å². The van der Waals surface area contributed by atoms with Gasteiger partial charge < -0.3 is 5.32 Å². The zero-order valence-corrected chi connectivity index (χ0v) is 11.7. The van der Waals surface area contributed by atoms with E-state index in [1.807, 2.05) is 0 Å². The van der Waals surface area contributed by atoms with E-state index in [9.17, 15) is 18.0 Å². The van der Waals surface area contributed by atoms with Gasteiger partial charge in [0.25, 0.3) is 5.91 Å². The second-order valence-corrected chi connectivity index (χ2v) is 5.07. The molecule has 0 radical (unpaired) electrons. The summed E-state index contributed by atoms with van der Waals surface area (Å²) in [5, 5.41) is 2.14. The zero-order chi connectivity index (χ0) is 15.6. The van der Waals surface area contributed by atoms with E-state index in [4.69, 9.17) is 11.6 Å². The average molecular weight is 314 g/mol. The van der Waals surface area contributed by atoms with Gasteiger partial charge in [0.15, 0.2) is 17.5 Å². The van der Waals surface area contributed by atoms with Crippen molar-refractivity contribution < 1.29 is 18.0 Å². The van der Waals surface area contributed by atoms with Gasteiger partial charge in [0, 0.05) is 11.3 Å². The van der Waals surface area contributed by atoms with E-state index in [0.717, 1.165) is 0 Å². The van der Waals surface area contributed by atoms with Crippen LogP contribution in [-0.4, -0.2) is 5.91 Å². The van der Waals surface area contributed by atoms with E-state index >= 15 is 0 Å². The molecule has 1 amide bonds. The van der Waals surface area contributed by atoms with E-state index in [2.05, 4.69) is 5.32 Å². The summed E-state index contributed by atoms with van der Waals surface area (Å²) in [6.07, 6.45) is 0. The van der Waals surface area contributed by atoms with Gasteiger partial charge in [-0.25, -0.2) is 13.2 Å². The highest BCUT2D eigenvalue weighted by atomic mass is 35.5. The summed E-state index contributed by atoms with van der Waals surface area (Å²) in [6, 6.07) is 8.05. The average Bonchev–Trinajstić information content (AvgIpc) is 2.44. The summed E-state index contributed by atoms with van der Waals surface area (Å²) in [4.78, 5) is 12.0. The maximum Gasteiger partial charge on any atom is 0.255 e. The summed E-state index contributed by atoms with van der Waals surface area (Å²) < 4.78 is 39.1. The number of para-hydroxylation sites is 1. The van der Waals surface area contributed by atoms with Gasteiger partial charge in [-0.1, -0.05) is 18.2 Å². The Kier molecular flexibility index (Phi) is 4.53. The second-order valence-electron chi connectivity index (χ2n) is 4.41. The highest BCUT2D eigenvalue weighted by Crippen LogP contribution is 2.27. The SMILES string of the molecule is CC(Cl)c1ccccc1NC(=O)c1cc(F)c(F)c(F)c1. The van der Waals surface area contributed by atoms with Gasteiger partial charge >= 0.3 is 0 Å². The first-order valence-electron chi connectivity index (χ1n) is 6.09. The Morgan fingerprint density at radius 2 is 1.71 bits per heavy atom. The van der Waals surface area contributed by atoms with Gasteiger partial charge in [-0.3, -0.25) is 4.79 Å². The van der Waals surface area contributed by atoms with Gasteiger partial charge in [0.2, 0.25) is 0 Å². The molecule has 0 fully saturated rings. The summed E-state index contributed by atoms with van der Waals surface area (Å²) in [7, 11) is 0. The Hall–Kier alpha value is -2.01. The Labute approximate surface area is 124 Å². The van der Waals surface area contributed by atoms with Crippen LogP contribution in [0, 0.1) is 17.5 Å². The highest BCUT2D eigenvalue weighted by Gasteiger charge is 2.16. The number of hydrogen-bond donors (Lipinski definition) is 1. The number of benzene rings is 2. The van der Waals surface area contributed by atoms with Crippen molar-refractivity contribution >= 4 is 23.2 Å². The van der Waals surface area contributed by atoms with E-state index in [1.165, 1.54) is 0 Å². The number of halogens is 4. The van der Waals surface area contributed by atoms with Crippen LogP contribution in [0.4, 0.5) is 18.9 Å². The number of nitrogens with one attached hydrogen (secondary N) is 1. The second kappa shape index (κ2) is 6.18. The van der Waals surface area contributed by atoms with E-state index in [-0.39, 0.29) is 10.9 Å². The molecule has 2 aromatic carbocycles. The zero-order valence-electron chi connectivity index (χ0n) is 11.0. The standard InChI is InChI=1S/C15H11ClF3NO/c1-8(16)10-4-2-3-5-13(10)20-15(21)9-6-11(17)14(19)12(18)7-9/h2-8H,1H3,(H,20,21). The van der Waals surface area contributed by atoms with Crippen LogP contribution in [0.3, 0.4) is 0 Å². The van der Waals surface area contributed by atoms with Crippen LogP contribution in [0.2, 0.25) is 0 Å². The fourth-order valence-electron chi connectivity index (χ4n) is 1.84. The van der Waals surface area contributed by atoms with Crippen molar-refractivity contribution in [2.45, 2.75) is 12.3 Å². The van der Waals surface area contributed by atoms with Crippen molar-refractivity contribution in [3.63, 3.8) is 0 Å². The van der Waals surface area contributed by atoms with Crippen LogP contribution in [0.25, 0.3) is 0 Å². The maximum absolute atomic E-state index is 13.1. The molecule has 2 nitrogen and oxygen atoms in total. The molecule has 6 heteroatoms. The summed E-state index contributed by atoms with van der Waals surface area (Å²) in [5.74, 6) is -5.20. The maximum atomic E-state index is 13.1. The molecule has 0 aliphatic carbocycles. The van der Waals surface area contributed by atoms with E-state index < -0.39 is 23.4 Å². The van der Waals surface area contributed by atoms with Crippen LogP contribution in [0.1, 0.15) is 28.2 Å². The molecule has 0 aliphatic heterocycles. The number of carbonyl (C=O) groups excluding carboxylic acids is 1. The molecule has 1 N–H and O–H groups in total. The smallest absolute Gasteiger partial charge is 0.255 e. The van der Waals surface area contributed by atoms with Crippen LogP contribution >= 0.6 is 11.6 Å². The molecule has 21 heavy (non-hydrogen) atoms. The van der Waals surface area contributed by atoms with Crippen LogP contribution < -0.4 is 5.32 Å². The first-order chi connectivity index (χ1) is 9.90. The molecule has 2 rings (SSSR count). The molecule has 110 valence electrons. The van der Waals surface area contributed by atoms with Gasteiger partial charge in [0.1, 0.15) is 0 Å². The lowest BCUT2D eigenvalue weighted by molar-refractivity contribution is 0.102. The molecule has 0 aromatic heterocycles. The molecule has 0 saturated carbocycles. The predicted octanol–water partition coefficient (Wildman–Crippen LogP) is 4.66. The minimum absolute atomic E-state index is 0.316. The van der Waals surface area contributed by atoms with Crippen LogP contribution in [-0.2, 0) is 0 Å². The third-order valence-electron chi connectivity index (χ3n) is 2.88. The van der Waals surface area contributed by atoms with Crippen molar-refractivity contribution in [3.05, 3.63) is 65.0 Å². The quantitative estimate of drug-likeness (QED) is 0.648. The molecular formula is C15H11ClF3NO. The number of carbonyl (C=O) groups is 1. The number of amides is 1. The van der Waals surface area contributed by atoms with Crippen LogP contribution in [0.5, 0.6) is 0 Å². The van der Waals surface area contributed by atoms with E-state index in [1.54, 1.807) is 31.2 Å². The Balaban J connectivity index is 2.31. The number of rotatable bonds is 3. The molecule has 0 spiro atoms. The Morgan fingerprint density at radius 1 is 1.14 bits per heavy atom. The summed E-state index contributed by atoms with van der Waals surface area (Å²) >= 11 is 5.99. The number of anilines is 1. The first-order valence-corrected chi connectivity index (χ1v) is 6.52. The minimum atomic E-state index is -1.61. The third kappa shape index (κ3) is 3.36. The minimum Gasteiger partial charge on any atom is -0.322 e. The number of hydrogen-bond acceptors (Lipinski definition) is 1. The Morgan fingerprint density at radius 3 is 2.29 bits per heavy atom. The first kappa shape index (κ1) is 15.4. The van der Waals surface area contributed by atoms with Crippen LogP contribution in [0.15, 0.2) is 36.4 Å². The fraction of sp³-hybridized carbons (Fsp3) is 0.133. The summed E-state index contributed by atoms with van der Waals surface area (Å²) in [6.45, 7) is 1.73. The van der Waals surface area contributed by atoms with Crippen molar-refractivity contribution in [2.24, 2.45) is 0 Å². The monoisotopic (exact) mass is 313 g/mol. The normalized spacial score (nSPS) is 12.0. The lowest BCUT2D eigenvalue weighted by Crippen LogP contribution is -2.14. The van der Waals surface area contributed by atoms with Gasteiger partial charge in [0.05, 0.1) is 5.38 Å². The third-order valence-corrected chi connectivity index (χ3v) is 3.12. The van der Waals surface area contributed by atoms with Gasteiger partial charge in [-0.05, 0) is 30.7 Å². The van der Waals surface area contributed by atoms with E-state index in [0.29, 0.717) is 23.4 Å². The largest absolute Gasteiger partial charge is 0.322 e. The molecule has 2 aromatic rings. The summed E-state index contributed by atoms with van der Waals surface area (Å²) in [5.41, 5.74) is 0.772. The topological polar surface area (TPSA) is 29.1 Å². The predicted molar refractivity (Wildman–Crippen MR) is 75.0 cm³/mol. The molecule has 0 saturated heterocycles.